The molecule has 5 heteroatoms. The van der Waals surface area contributed by atoms with E-state index in [4.69, 9.17) is 0 Å². The summed E-state index contributed by atoms with van der Waals surface area (Å²) in [5, 5.41) is 9.85. The van der Waals surface area contributed by atoms with Gasteiger partial charge in [0.05, 0.1) is 17.9 Å². The van der Waals surface area contributed by atoms with Crippen molar-refractivity contribution in [2.75, 3.05) is 18.4 Å². The molecule has 5 nitrogen and oxygen atoms in total. The SMILES string of the molecule is CCC1=C(C)C=[N+]=C(NCCNc2cccnc2)N1. The van der Waals surface area contributed by atoms with E-state index in [1.807, 2.05) is 24.5 Å². The third-order valence-electron chi connectivity index (χ3n) is 2.89. The van der Waals surface area contributed by atoms with Gasteiger partial charge in [0.15, 0.2) is 6.21 Å². The van der Waals surface area contributed by atoms with Crippen LogP contribution in [0, 0.1) is 0 Å². The van der Waals surface area contributed by atoms with Crippen LogP contribution in [-0.2, 0) is 0 Å². The summed E-state index contributed by atoms with van der Waals surface area (Å²) >= 11 is 0. The van der Waals surface area contributed by atoms with E-state index in [0.717, 1.165) is 31.2 Å². The Bertz CT molecular complexity index is 512. The lowest BCUT2D eigenvalue weighted by molar-refractivity contribution is 0.842. The van der Waals surface area contributed by atoms with Gasteiger partial charge in [0.2, 0.25) is 0 Å². The lowest BCUT2D eigenvalue weighted by Crippen LogP contribution is -2.42. The molecule has 3 N–H and O–H groups in total. The Labute approximate surface area is 113 Å². The average molecular weight is 258 g/mol. The number of hydrogen-bond acceptors (Lipinski definition) is 4. The van der Waals surface area contributed by atoms with Crippen molar-refractivity contribution in [3.63, 3.8) is 0 Å². The number of hydrogen-bond donors (Lipinski definition) is 3. The molecule has 100 valence electrons. The van der Waals surface area contributed by atoms with Crippen LogP contribution in [-0.4, -0.2) is 30.2 Å². The van der Waals surface area contributed by atoms with Gasteiger partial charge in [0.1, 0.15) is 0 Å². The number of anilines is 1. The Kier molecular flexibility index (Phi) is 4.59. The summed E-state index contributed by atoms with van der Waals surface area (Å²) in [5.41, 5.74) is 3.44. The summed E-state index contributed by atoms with van der Waals surface area (Å²) in [6.45, 7) is 5.81. The van der Waals surface area contributed by atoms with Crippen LogP contribution >= 0.6 is 0 Å². The predicted octanol–water partition coefficient (Wildman–Crippen LogP) is 0.864. The Morgan fingerprint density at radius 3 is 2.89 bits per heavy atom. The normalized spacial score (nSPS) is 13.9. The van der Waals surface area contributed by atoms with Gasteiger partial charge in [-0.3, -0.25) is 10.3 Å². The number of aromatic nitrogens is 1. The fourth-order valence-electron chi connectivity index (χ4n) is 1.83. The van der Waals surface area contributed by atoms with Crippen LogP contribution in [0.5, 0.6) is 0 Å². The third kappa shape index (κ3) is 3.86. The monoisotopic (exact) mass is 258 g/mol. The molecule has 0 radical (unpaired) electrons. The molecule has 0 saturated carbocycles. The fraction of sp³-hybridized carbons (Fsp3) is 0.357. The minimum Gasteiger partial charge on any atom is -0.381 e. The van der Waals surface area contributed by atoms with Crippen molar-refractivity contribution in [2.24, 2.45) is 0 Å². The van der Waals surface area contributed by atoms with Crippen molar-refractivity contribution >= 4 is 17.9 Å². The first-order valence-corrected chi connectivity index (χ1v) is 6.55. The number of allylic oxidation sites excluding steroid dienone is 2. The van der Waals surface area contributed by atoms with Crippen molar-refractivity contribution < 1.29 is 0 Å². The van der Waals surface area contributed by atoms with Crippen molar-refractivity contribution in [3.05, 3.63) is 35.8 Å². The topological polar surface area (TPSA) is 63.1 Å². The minimum atomic E-state index is 0.796. The summed E-state index contributed by atoms with van der Waals surface area (Å²) in [6, 6.07) is 3.91. The molecule has 0 aromatic carbocycles. The zero-order valence-corrected chi connectivity index (χ0v) is 11.4. The Morgan fingerprint density at radius 2 is 2.16 bits per heavy atom. The summed E-state index contributed by atoms with van der Waals surface area (Å²) in [5.74, 6) is 0.815. The molecule has 1 aromatic heterocycles. The molecule has 0 aliphatic carbocycles. The molecule has 0 spiro atoms. The van der Waals surface area contributed by atoms with Crippen LogP contribution in [0.4, 0.5) is 5.69 Å². The molecule has 0 saturated heterocycles. The molecule has 0 fully saturated rings. The maximum Gasteiger partial charge on any atom is 0.443 e. The lowest BCUT2D eigenvalue weighted by atomic mass is 10.2. The molecule has 2 heterocycles. The number of pyridine rings is 1. The minimum absolute atomic E-state index is 0.796. The molecule has 0 unspecified atom stereocenters. The quantitative estimate of drug-likeness (QED) is 0.541. The Balaban J connectivity index is 1.74. The second-order valence-electron chi connectivity index (χ2n) is 4.34. The van der Waals surface area contributed by atoms with Gasteiger partial charge in [-0.15, -0.1) is 0 Å². The van der Waals surface area contributed by atoms with Gasteiger partial charge < -0.3 is 5.32 Å². The van der Waals surface area contributed by atoms with Crippen LogP contribution < -0.4 is 20.6 Å². The number of nitrogens with zero attached hydrogens (tertiary/aromatic N) is 2. The van der Waals surface area contributed by atoms with Crippen molar-refractivity contribution in [3.8, 4) is 0 Å². The summed E-state index contributed by atoms with van der Waals surface area (Å²) in [7, 11) is 0. The summed E-state index contributed by atoms with van der Waals surface area (Å²) in [6.07, 6.45) is 6.45. The number of rotatable bonds is 5. The first-order chi connectivity index (χ1) is 9.29. The molecule has 1 aliphatic rings. The standard InChI is InChI=1S/C14H19N5/c1-3-13-11(2)9-18-14(19-13)17-8-7-16-12-5-4-6-15-10-12/h4-6,9-10,16H,3,7-8H2,1-2H3,(H,17,18,19)/p+1. The average Bonchev–Trinajstić information content (AvgIpc) is 2.46. The molecular weight excluding hydrogens is 238 g/mol. The smallest absolute Gasteiger partial charge is 0.381 e. The van der Waals surface area contributed by atoms with Crippen molar-refractivity contribution in [2.45, 2.75) is 20.3 Å². The van der Waals surface area contributed by atoms with E-state index in [2.05, 4.69) is 39.4 Å². The predicted molar refractivity (Wildman–Crippen MR) is 80.1 cm³/mol. The lowest BCUT2D eigenvalue weighted by Gasteiger charge is -2.09. The second-order valence-corrected chi connectivity index (χ2v) is 4.34. The maximum absolute atomic E-state index is 4.32. The van der Waals surface area contributed by atoms with E-state index in [0.29, 0.717) is 0 Å². The number of nitrogens with one attached hydrogen (secondary N) is 3. The highest BCUT2D eigenvalue weighted by atomic mass is 15.2. The van der Waals surface area contributed by atoms with E-state index < -0.39 is 0 Å². The molecule has 0 bridgehead atoms. The fourth-order valence-corrected chi connectivity index (χ4v) is 1.83. The van der Waals surface area contributed by atoms with E-state index >= 15 is 0 Å². The van der Waals surface area contributed by atoms with Gasteiger partial charge in [-0.2, -0.15) is 0 Å². The summed E-state index contributed by atoms with van der Waals surface area (Å²) < 4.78 is 4.32. The first kappa shape index (κ1) is 13.2. The van der Waals surface area contributed by atoms with Gasteiger partial charge in [0, 0.05) is 24.5 Å². The molecule has 2 rings (SSSR count). The second kappa shape index (κ2) is 6.61. The molecule has 1 aromatic rings. The van der Waals surface area contributed by atoms with Crippen LogP contribution in [0.25, 0.3) is 0 Å². The van der Waals surface area contributed by atoms with Gasteiger partial charge in [-0.1, -0.05) is 6.92 Å². The maximum atomic E-state index is 4.32. The van der Waals surface area contributed by atoms with E-state index in [1.54, 1.807) is 6.20 Å². The van der Waals surface area contributed by atoms with Gasteiger partial charge in [-0.05, 0) is 25.5 Å². The molecular formula is C14H20N5+. The zero-order chi connectivity index (χ0) is 13.5. The molecule has 1 aliphatic heterocycles. The van der Waals surface area contributed by atoms with Crippen LogP contribution in [0.2, 0.25) is 0 Å². The first-order valence-electron chi connectivity index (χ1n) is 6.55. The van der Waals surface area contributed by atoms with Gasteiger partial charge in [-0.25, -0.2) is 9.98 Å². The third-order valence-corrected chi connectivity index (χ3v) is 2.89. The van der Waals surface area contributed by atoms with Crippen LogP contribution in [0.3, 0.4) is 0 Å². The van der Waals surface area contributed by atoms with E-state index in [-0.39, 0.29) is 0 Å². The van der Waals surface area contributed by atoms with Gasteiger partial charge in [0.25, 0.3) is 0 Å². The highest BCUT2D eigenvalue weighted by Crippen LogP contribution is 2.03. The summed E-state index contributed by atoms with van der Waals surface area (Å²) in [4.78, 5) is 4.05. The largest absolute Gasteiger partial charge is 0.443 e. The molecule has 19 heavy (non-hydrogen) atoms. The van der Waals surface area contributed by atoms with Crippen LogP contribution in [0.1, 0.15) is 20.3 Å². The highest BCUT2D eigenvalue weighted by molar-refractivity contribution is 5.91. The highest BCUT2D eigenvalue weighted by Gasteiger charge is 2.15. The Hall–Kier alpha value is -2.26. The van der Waals surface area contributed by atoms with Crippen LogP contribution in [0.15, 0.2) is 35.8 Å². The van der Waals surface area contributed by atoms with Gasteiger partial charge >= 0.3 is 5.96 Å². The zero-order valence-electron chi connectivity index (χ0n) is 11.4. The number of guanidine groups is 1. The van der Waals surface area contributed by atoms with Crippen molar-refractivity contribution in [1.82, 2.24) is 20.3 Å². The van der Waals surface area contributed by atoms with Crippen molar-refractivity contribution in [1.29, 1.82) is 0 Å². The van der Waals surface area contributed by atoms with E-state index in [9.17, 15) is 0 Å². The Morgan fingerprint density at radius 1 is 1.32 bits per heavy atom. The molecule has 0 amide bonds. The molecule has 0 atom stereocenters. The van der Waals surface area contributed by atoms with E-state index in [1.165, 1.54) is 11.3 Å².